The molecule has 1 atom stereocenters. The van der Waals surface area contributed by atoms with E-state index < -0.39 is 5.92 Å². The van der Waals surface area contributed by atoms with Gasteiger partial charge in [-0.1, -0.05) is 44.4 Å². The Morgan fingerprint density at radius 1 is 1.28 bits per heavy atom. The monoisotopic (exact) mass is 344 g/mol. The van der Waals surface area contributed by atoms with Gasteiger partial charge in [0.15, 0.2) is 0 Å². The van der Waals surface area contributed by atoms with Crippen molar-refractivity contribution in [1.82, 2.24) is 15.5 Å². The second-order valence-corrected chi connectivity index (χ2v) is 5.92. The highest BCUT2D eigenvalue weighted by molar-refractivity contribution is 5.82. The summed E-state index contributed by atoms with van der Waals surface area (Å²) in [7, 11) is 0. The first-order valence-electron chi connectivity index (χ1n) is 8.46. The van der Waals surface area contributed by atoms with Crippen molar-refractivity contribution in [3.8, 4) is 0 Å². The molecule has 3 N–H and O–H groups in total. The number of rotatable bonds is 10. The number of carbonyl (C=O) groups is 2. The minimum absolute atomic E-state index is 0.0358. The Balaban J connectivity index is 1.96. The number of hydrogen-bond donors (Lipinski definition) is 3. The van der Waals surface area contributed by atoms with Gasteiger partial charge in [-0.15, -0.1) is 0 Å². The maximum atomic E-state index is 12.4. The first-order valence-corrected chi connectivity index (χ1v) is 8.46. The topological polar surface area (TPSA) is 94.6 Å². The zero-order valence-electron chi connectivity index (χ0n) is 14.3. The molecule has 134 valence electrons. The fraction of sp³-hybridized carbons (Fsp3) is 0.389. The van der Waals surface area contributed by atoms with E-state index in [1.807, 2.05) is 30.3 Å². The number of hydroxylamine groups is 2. The van der Waals surface area contributed by atoms with Crippen LogP contribution in [-0.4, -0.2) is 34.1 Å². The number of benzene rings is 1. The fourth-order valence-corrected chi connectivity index (χ4v) is 2.58. The molecule has 1 heterocycles. The Morgan fingerprint density at radius 3 is 2.84 bits per heavy atom. The van der Waals surface area contributed by atoms with Crippen LogP contribution in [0.4, 0.5) is 5.82 Å². The zero-order chi connectivity index (χ0) is 18.1. The zero-order valence-corrected chi connectivity index (χ0v) is 14.3. The molecule has 2 aromatic rings. The van der Waals surface area contributed by atoms with Gasteiger partial charge in [0, 0.05) is 5.39 Å². The molecule has 0 bridgehead atoms. The summed E-state index contributed by atoms with van der Waals surface area (Å²) in [6.07, 6.45) is 3.78. The van der Waals surface area contributed by atoms with Crippen LogP contribution in [0.3, 0.4) is 0 Å². The summed E-state index contributed by atoms with van der Waals surface area (Å²) in [5.41, 5.74) is 6.24. The number of nitrogens with zero attached hydrogens (tertiary/aromatic N) is 2. The first kappa shape index (κ1) is 18.7. The maximum Gasteiger partial charge on any atom is 0.243 e. The lowest BCUT2D eigenvalue weighted by atomic mass is 10.0. The number of carbonyl (C=O) groups excluding carboxylic acids is 2. The summed E-state index contributed by atoms with van der Waals surface area (Å²) < 4.78 is 0. The van der Waals surface area contributed by atoms with E-state index in [4.69, 9.17) is 0 Å². The molecule has 7 nitrogen and oxygen atoms in total. The van der Waals surface area contributed by atoms with Crippen molar-refractivity contribution in [2.45, 2.75) is 32.6 Å². The van der Waals surface area contributed by atoms with Gasteiger partial charge in [-0.05, 0) is 24.6 Å². The molecule has 0 spiro atoms. The van der Waals surface area contributed by atoms with E-state index in [9.17, 15) is 14.8 Å². The highest BCUT2D eigenvalue weighted by Gasteiger charge is 2.20. The minimum Gasteiger partial charge on any atom is -0.286 e. The number of aromatic nitrogens is 1. The summed E-state index contributed by atoms with van der Waals surface area (Å²) in [5, 5.41) is 10.9. The second kappa shape index (κ2) is 9.58. The van der Waals surface area contributed by atoms with Crippen molar-refractivity contribution in [1.29, 1.82) is 0 Å². The molecule has 0 saturated carbocycles. The number of unbranched alkanes of at least 4 members (excludes halogenated alkanes) is 2. The summed E-state index contributed by atoms with van der Waals surface area (Å²) in [5.74, 6) is -0.253. The Hall–Kier alpha value is -2.67. The number of para-hydroxylation sites is 1. The third kappa shape index (κ3) is 5.72. The highest BCUT2D eigenvalue weighted by Crippen LogP contribution is 2.15. The van der Waals surface area contributed by atoms with Crippen molar-refractivity contribution in [2.75, 3.05) is 12.0 Å². The Morgan fingerprint density at radius 2 is 2.08 bits per heavy atom. The summed E-state index contributed by atoms with van der Waals surface area (Å²) >= 11 is 0. The Labute approximate surface area is 147 Å². The molecule has 0 radical (unpaired) electrons. The molecule has 0 saturated heterocycles. The molecule has 0 aliphatic carbocycles. The van der Waals surface area contributed by atoms with Crippen LogP contribution in [0.25, 0.3) is 10.9 Å². The van der Waals surface area contributed by atoms with Crippen LogP contribution < -0.4 is 10.9 Å². The van der Waals surface area contributed by atoms with E-state index in [-0.39, 0.29) is 12.5 Å². The van der Waals surface area contributed by atoms with Crippen LogP contribution in [0, 0.1) is 5.92 Å². The van der Waals surface area contributed by atoms with Crippen LogP contribution in [-0.2, 0) is 9.59 Å². The highest BCUT2D eigenvalue weighted by atomic mass is 16.5. The lowest BCUT2D eigenvalue weighted by Gasteiger charge is -2.20. The minimum atomic E-state index is -0.491. The molecular weight excluding hydrogens is 320 g/mol. The van der Waals surface area contributed by atoms with E-state index in [1.54, 1.807) is 6.07 Å². The summed E-state index contributed by atoms with van der Waals surface area (Å²) in [6, 6.07) is 11.4. The van der Waals surface area contributed by atoms with Crippen molar-refractivity contribution in [3.63, 3.8) is 0 Å². The molecule has 0 fully saturated rings. The molecule has 1 aromatic heterocycles. The van der Waals surface area contributed by atoms with Gasteiger partial charge in [-0.25, -0.2) is 10.0 Å². The van der Waals surface area contributed by atoms with Gasteiger partial charge in [0.05, 0.1) is 18.0 Å². The average Bonchev–Trinajstić information content (AvgIpc) is 2.65. The summed E-state index contributed by atoms with van der Waals surface area (Å²) in [4.78, 5) is 27.4. The number of hydrogen-bond acceptors (Lipinski definition) is 5. The number of amides is 2. The van der Waals surface area contributed by atoms with Crippen molar-refractivity contribution >= 4 is 29.0 Å². The van der Waals surface area contributed by atoms with Crippen LogP contribution in [0.2, 0.25) is 0 Å². The van der Waals surface area contributed by atoms with Gasteiger partial charge in [0.2, 0.25) is 12.3 Å². The number of anilines is 1. The van der Waals surface area contributed by atoms with Gasteiger partial charge < -0.3 is 0 Å². The first-order chi connectivity index (χ1) is 12.1. The van der Waals surface area contributed by atoms with E-state index in [0.29, 0.717) is 23.7 Å². The third-order valence-corrected chi connectivity index (χ3v) is 3.97. The molecule has 2 amide bonds. The standard InChI is InChI=1S/C18H24N4O3/c1-2-3-4-8-15(12-22(25)13-23)18(24)21-20-17-11-10-14-7-5-6-9-16(14)19-17/h5-7,9-11,13,15,25H,2-4,8,12H2,1H3,(H,19,20)(H,21,24). The number of pyridine rings is 1. The van der Waals surface area contributed by atoms with E-state index in [1.165, 1.54) is 0 Å². The van der Waals surface area contributed by atoms with Gasteiger partial charge in [-0.2, -0.15) is 0 Å². The van der Waals surface area contributed by atoms with Gasteiger partial charge in [-0.3, -0.25) is 25.6 Å². The second-order valence-electron chi connectivity index (χ2n) is 5.92. The van der Waals surface area contributed by atoms with Crippen LogP contribution in [0.15, 0.2) is 36.4 Å². The Kier molecular flexibility index (Phi) is 7.16. The molecule has 1 aromatic carbocycles. The predicted molar refractivity (Wildman–Crippen MR) is 95.7 cm³/mol. The maximum absolute atomic E-state index is 12.4. The van der Waals surface area contributed by atoms with Crippen LogP contribution in [0.1, 0.15) is 32.6 Å². The molecule has 1 unspecified atom stereocenters. The average molecular weight is 344 g/mol. The van der Waals surface area contributed by atoms with Gasteiger partial charge >= 0.3 is 0 Å². The molecule has 0 aliphatic heterocycles. The SMILES string of the molecule is CCCCCC(CN(O)C=O)C(=O)NNc1ccc2ccccc2n1. The quantitative estimate of drug-likeness (QED) is 0.267. The smallest absolute Gasteiger partial charge is 0.243 e. The fourth-order valence-electron chi connectivity index (χ4n) is 2.58. The van der Waals surface area contributed by atoms with Gasteiger partial charge in [0.1, 0.15) is 5.82 Å². The molecule has 2 rings (SSSR count). The normalized spacial score (nSPS) is 11.8. The number of hydrazine groups is 1. The van der Waals surface area contributed by atoms with Crippen molar-refractivity contribution in [3.05, 3.63) is 36.4 Å². The largest absolute Gasteiger partial charge is 0.286 e. The molecule has 0 aliphatic rings. The van der Waals surface area contributed by atoms with Crippen molar-refractivity contribution in [2.24, 2.45) is 5.92 Å². The van der Waals surface area contributed by atoms with Crippen LogP contribution >= 0.6 is 0 Å². The van der Waals surface area contributed by atoms with E-state index in [0.717, 1.165) is 30.2 Å². The summed E-state index contributed by atoms with van der Waals surface area (Å²) in [6.45, 7) is 2.04. The number of nitrogens with one attached hydrogen (secondary N) is 2. The predicted octanol–water partition coefficient (Wildman–Crippen LogP) is 2.72. The van der Waals surface area contributed by atoms with Crippen LogP contribution in [0.5, 0.6) is 0 Å². The lowest BCUT2D eigenvalue weighted by molar-refractivity contribution is -0.154. The molecule has 7 heteroatoms. The molecule has 25 heavy (non-hydrogen) atoms. The lowest BCUT2D eigenvalue weighted by Crippen LogP contribution is -2.40. The molecular formula is C18H24N4O3. The van der Waals surface area contributed by atoms with E-state index in [2.05, 4.69) is 22.8 Å². The van der Waals surface area contributed by atoms with Gasteiger partial charge in [0.25, 0.3) is 0 Å². The third-order valence-electron chi connectivity index (χ3n) is 3.97. The van der Waals surface area contributed by atoms with Crippen molar-refractivity contribution < 1.29 is 14.8 Å². The Bertz CT molecular complexity index is 708. The van der Waals surface area contributed by atoms with E-state index >= 15 is 0 Å². The number of fused-ring (bicyclic) bond motifs is 1.